The highest BCUT2D eigenvalue weighted by atomic mass is 15.2. The molecule has 2 heteroatoms. The summed E-state index contributed by atoms with van der Waals surface area (Å²) in [5, 5.41) is 0. The summed E-state index contributed by atoms with van der Waals surface area (Å²) in [6.07, 6.45) is 9.79. The van der Waals surface area contributed by atoms with E-state index in [2.05, 4.69) is 17.0 Å². The highest BCUT2D eigenvalue weighted by molar-refractivity contribution is 5.39. The number of likely N-dealkylation sites (tertiary alicyclic amines) is 1. The van der Waals surface area contributed by atoms with E-state index >= 15 is 0 Å². The Hall–Kier alpha value is -1.02. The zero-order valence-corrected chi connectivity index (χ0v) is 11.9. The molecule has 1 aromatic rings. The number of nitrogens with two attached hydrogens (primary N) is 1. The van der Waals surface area contributed by atoms with Crippen molar-refractivity contribution in [3.63, 3.8) is 0 Å². The van der Waals surface area contributed by atoms with Gasteiger partial charge < -0.3 is 10.6 Å². The summed E-state index contributed by atoms with van der Waals surface area (Å²) in [6, 6.07) is 9.29. The molecule has 2 N–H and O–H groups in total. The summed E-state index contributed by atoms with van der Waals surface area (Å²) < 4.78 is 0. The van der Waals surface area contributed by atoms with Crippen LogP contribution in [-0.2, 0) is 6.42 Å². The van der Waals surface area contributed by atoms with Crippen LogP contribution >= 0.6 is 0 Å². The van der Waals surface area contributed by atoms with E-state index in [1.165, 1.54) is 63.6 Å². The van der Waals surface area contributed by atoms with Crippen molar-refractivity contribution in [3.8, 4) is 0 Å². The van der Waals surface area contributed by atoms with Crippen LogP contribution in [0.4, 0.5) is 5.69 Å². The fourth-order valence-corrected chi connectivity index (χ4v) is 3.95. The fourth-order valence-electron chi connectivity index (χ4n) is 3.95. The lowest BCUT2D eigenvalue weighted by atomic mass is 9.85. The van der Waals surface area contributed by atoms with Crippen molar-refractivity contribution in [2.45, 2.75) is 51.0 Å². The van der Waals surface area contributed by atoms with Crippen molar-refractivity contribution in [3.05, 3.63) is 29.8 Å². The molecule has 2 aliphatic rings. The average molecular weight is 258 g/mol. The average Bonchev–Trinajstić information content (AvgIpc) is 2.85. The van der Waals surface area contributed by atoms with Crippen LogP contribution in [0.1, 0.15) is 44.1 Å². The molecule has 2 atom stereocenters. The third-order valence-electron chi connectivity index (χ3n) is 5.02. The number of rotatable bonds is 4. The number of benzene rings is 1. The monoisotopic (exact) mass is 258 g/mol. The minimum atomic E-state index is 0.869. The number of anilines is 1. The number of hydrogen-bond acceptors (Lipinski definition) is 2. The summed E-state index contributed by atoms with van der Waals surface area (Å²) in [5.41, 5.74) is 8.01. The minimum Gasteiger partial charge on any atom is -0.399 e. The van der Waals surface area contributed by atoms with Crippen LogP contribution in [0.15, 0.2) is 24.3 Å². The molecular weight excluding hydrogens is 232 g/mol. The molecule has 1 aromatic carbocycles. The van der Waals surface area contributed by atoms with Crippen LogP contribution in [0.3, 0.4) is 0 Å². The van der Waals surface area contributed by atoms with Gasteiger partial charge in [-0.2, -0.15) is 0 Å². The van der Waals surface area contributed by atoms with Gasteiger partial charge in [0.05, 0.1) is 0 Å². The molecule has 2 nitrogen and oxygen atoms in total. The third-order valence-corrected chi connectivity index (χ3v) is 5.02. The Morgan fingerprint density at radius 1 is 1.05 bits per heavy atom. The van der Waals surface area contributed by atoms with Crippen molar-refractivity contribution in [1.29, 1.82) is 0 Å². The number of fused-ring (bicyclic) bond motifs is 1. The van der Waals surface area contributed by atoms with E-state index in [4.69, 9.17) is 5.73 Å². The van der Waals surface area contributed by atoms with E-state index in [9.17, 15) is 0 Å². The molecule has 0 amide bonds. The van der Waals surface area contributed by atoms with Gasteiger partial charge in [-0.15, -0.1) is 0 Å². The summed E-state index contributed by atoms with van der Waals surface area (Å²) in [6.45, 7) is 2.63. The molecule has 1 saturated carbocycles. The number of hydrogen-bond donors (Lipinski definition) is 1. The molecule has 2 fully saturated rings. The fraction of sp³-hybridized carbons (Fsp3) is 0.647. The van der Waals surface area contributed by atoms with Gasteiger partial charge in [0.1, 0.15) is 0 Å². The number of nitrogens with zero attached hydrogens (tertiary/aromatic N) is 1. The Labute approximate surface area is 117 Å². The molecule has 104 valence electrons. The van der Waals surface area contributed by atoms with Gasteiger partial charge in [-0.1, -0.05) is 25.0 Å². The van der Waals surface area contributed by atoms with Crippen LogP contribution in [0, 0.1) is 5.92 Å². The maximum absolute atomic E-state index is 5.72. The molecule has 0 spiro atoms. The predicted molar refractivity (Wildman–Crippen MR) is 81.1 cm³/mol. The normalized spacial score (nSPS) is 27.4. The van der Waals surface area contributed by atoms with E-state index in [1.54, 1.807) is 0 Å². The maximum Gasteiger partial charge on any atom is 0.0314 e. The molecule has 0 radical (unpaired) electrons. The maximum atomic E-state index is 5.72. The number of nitrogen functional groups attached to an aromatic ring is 1. The minimum absolute atomic E-state index is 0.869. The lowest BCUT2D eigenvalue weighted by molar-refractivity contribution is 0.181. The van der Waals surface area contributed by atoms with Crippen LogP contribution in [0.25, 0.3) is 0 Å². The second-order valence-corrected chi connectivity index (χ2v) is 6.28. The van der Waals surface area contributed by atoms with Gasteiger partial charge in [-0.3, -0.25) is 0 Å². The first-order valence-electron chi connectivity index (χ1n) is 7.91. The Balaban J connectivity index is 1.46. The second-order valence-electron chi connectivity index (χ2n) is 6.28. The van der Waals surface area contributed by atoms with Crippen molar-refractivity contribution >= 4 is 5.69 Å². The van der Waals surface area contributed by atoms with Crippen LogP contribution in [0.2, 0.25) is 0 Å². The molecule has 3 rings (SSSR count). The highest BCUT2D eigenvalue weighted by Crippen LogP contribution is 2.36. The molecule has 2 unspecified atom stereocenters. The van der Waals surface area contributed by atoms with Gasteiger partial charge in [-0.05, 0) is 68.8 Å². The topological polar surface area (TPSA) is 29.3 Å². The van der Waals surface area contributed by atoms with E-state index in [1.807, 2.05) is 12.1 Å². The lowest BCUT2D eigenvalue weighted by Gasteiger charge is -2.31. The predicted octanol–water partition coefficient (Wildman–Crippen LogP) is 3.47. The first-order chi connectivity index (χ1) is 9.33. The van der Waals surface area contributed by atoms with Gasteiger partial charge in [0.25, 0.3) is 0 Å². The largest absolute Gasteiger partial charge is 0.399 e. The zero-order chi connectivity index (χ0) is 13.1. The summed E-state index contributed by atoms with van der Waals surface area (Å²) in [4.78, 5) is 2.77. The highest BCUT2D eigenvalue weighted by Gasteiger charge is 2.34. The van der Waals surface area contributed by atoms with E-state index < -0.39 is 0 Å². The lowest BCUT2D eigenvalue weighted by Crippen LogP contribution is -2.35. The molecule has 1 saturated heterocycles. The SMILES string of the molecule is Nc1ccc(CCCN2CCC3CCCCC32)cc1. The van der Waals surface area contributed by atoms with E-state index in [0.29, 0.717) is 0 Å². The molecule has 19 heavy (non-hydrogen) atoms. The molecule has 0 bridgehead atoms. The Morgan fingerprint density at radius 2 is 1.84 bits per heavy atom. The van der Waals surface area contributed by atoms with Crippen molar-refractivity contribution < 1.29 is 0 Å². The van der Waals surface area contributed by atoms with E-state index in [0.717, 1.165) is 17.6 Å². The summed E-state index contributed by atoms with van der Waals surface area (Å²) in [5.74, 6) is 1.02. The van der Waals surface area contributed by atoms with Crippen LogP contribution in [-0.4, -0.2) is 24.0 Å². The van der Waals surface area contributed by atoms with Gasteiger partial charge in [0.2, 0.25) is 0 Å². The smallest absolute Gasteiger partial charge is 0.0314 e. The van der Waals surface area contributed by atoms with Gasteiger partial charge in [0, 0.05) is 11.7 Å². The Kier molecular flexibility index (Phi) is 4.07. The first kappa shape index (κ1) is 13.0. The molecular formula is C17H26N2. The molecule has 0 aromatic heterocycles. The summed E-state index contributed by atoms with van der Waals surface area (Å²) in [7, 11) is 0. The van der Waals surface area contributed by atoms with E-state index in [-0.39, 0.29) is 0 Å². The molecule has 1 heterocycles. The first-order valence-corrected chi connectivity index (χ1v) is 7.91. The molecule has 1 aliphatic heterocycles. The quantitative estimate of drug-likeness (QED) is 0.838. The van der Waals surface area contributed by atoms with Crippen molar-refractivity contribution in [2.75, 3.05) is 18.8 Å². The van der Waals surface area contributed by atoms with Gasteiger partial charge in [-0.25, -0.2) is 0 Å². The Bertz CT molecular complexity index is 398. The summed E-state index contributed by atoms with van der Waals surface area (Å²) >= 11 is 0. The van der Waals surface area contributed by atoms with Crippen molar-refractivity contribution in [1.82, 2.24) is 4.90 Å². The van der Waals surface area contributed by atoms with Crippen molar-refractivity contribution in [2.24, 2.45) is 5.92 Å². The molecule has 1 aliphatic carbocycles. The van der Waals surface area contributed by atoms with Crippen LogP contribution in [0.5, 0.6) is 0 Å². The standard InChI is InChI=1S/C17H26N2/c18-16-9-7-14(8-10-16)4-3-12-19-13-11-15-5-1-2-6-17(15)19/h7-10,15,17H,1-6,11-13,18H2. The zero-order valence-electron chi connectivity index (χ0n) is 11.9. The Morgan fingerprint density at radius 3 is 2.68 bits per heavy atom. The van der Waals surface area contributed by atoms with Gasteiger partial charge in [0.15, 0.2) is 0 Å². The number of aryl methyl sites for hydroxylation is 1. The second kappa shape index (κ2) is 5.96. The van der Waals surface area contributed by atoms with Gasteiger partial charge >= 0.3 is 0 Å². The van der Waals surface area contributed by atoms with Crippen LogP contribution < -0.4 is 5.73 Å². The third kappa shape index (κ3) is 3.11.